The van der Waals surface area contributed by atoms with Crippen molar-refractivity contribution in [3.8, 4) is 0 Å². The molecule has 0 atom stereocenters. The molecule has 0 spiro atoms. The monoisotopic (exact) mass is 303 g/mol. The highest BCUT2D eigenvalue weighted by atomic mass is 16.4. The Kier molecular flexibility index (Phi) is 5.22. The number of carboxylic acids is 1. The number of rotatable bonds is 5. The first-order valence-electron chi connectivity index (χ1n) is 7.96. The third kappa shape index (κ3) is 4.09. The highest BCUT2D eigenvalue weighted by Gasteiger charge is 2.28. The van der Waals surface area contributed by atoms with Crippen LogP contribution in [0.4, 0.5) is 0 Å². The normalized spacial score (nSPS) is 16.5. The van der Waals surface area contributed by atoms with Crippen LogP contribution in [0.2, 0.25) is 0 Å². The summed E-state index contributed by atoms with van der Waals surface area (Å²) in [7, 11) is 0. The van der Waals surface area contributed by atoms with Gasteiger partial charge in [-0.3, -0.25) is 9.59 Å². The molecule has 0 aromatic heterocycles. The molecule has 1 heterocycles. The van der Waals surface area contributed by atoms with E-state index in [1.165, 1.54) is 5.56 Å². The Morgan fingerprint density at radius 1 is 1.18 bits per heavy atom. The lowest BCUT2D eigenvalue weighted by atomic mass is 9.80. The first-order valence-corrected chi connectivity index (χ1v) is 7.96. The molecule has 4 heteroatoms. The van der Waals surface area contributed by atoms with Gasteiger partial charge in [-0.05, 0) is 30.2 Å². The maximum absolute atomic E-state index is 12.3. The Bertz CT molecular complexity index is 516. The van der Waals surface area contributed by atoms with Crippen LogP contribution in [0.5, 0.6) is 0 Å². The van der Waals surface area contributed by atoms with Crippen molar-refractivity contribution in [2.45, 2.75) is 44.9 Å². The fourth-order valence-electron chi connectivity index (χ4n) is 2.99. The van der Waals surface area contributed by atoms with Crippen molar-refractivity contribution in [1.29, 1.82) is 0 Å². The van der Waals surface area contributed by atoms with Crippen molar-refractivity contribution in [2.75, 3.05) is 13.1 Å². The maximum Gasteiger partial charge on any atom is 0.306 e. The second-order valence-corrected chi connectivity index (χ2v) is 6.74. The number of benzene rings is 1. The summed E-state index contributed by atoms with van der Waals surface area (Å²) in [5.41, 5.74) is 1.21. The van der Waals surface area contributed by atoms with Gasteiger partial charge in [-0.15, -0.1) is 0 Å². The van der Waals surface area contributed by atoms with Gasteiger partial charge in [-0.25, -0.2) is 0 Å². The van der Waals surface area contributed by atoms with Crippen molar-refractivity contribution < 1.29 is 14.7 Å². The summed E-state index contributed by atoms with van der Waals surface area (Å²) in [5.74, 6) is -0.880. The van der Waals surface area contributed by atoms with Crippen LogP contribution in [0.15, 0.2) is 30.3 Å². The minimum absolute atomic E-state index is 0.0314. The Hall–Kier alpha value is -1.84. The molecule has 1 amide bonds. The lowest BCUT2D eigenvalue weighted by Crippen LogP contribution is -2.40. The predicted octanol–water partition coefficient (Wildman–Crippen LogP) is 3.07. The number of carboxylic acid groups (broad SMARTS) is 1. The molecule has 1 aromatic carbocycles. The molecule has 1 fully saturated rings. The fraction of sp³-hybridized carbons (Fsp3) is 0.556. The van der Waals surface area contributed by atoms with E-state index in [2.05, 4.69) is 26.0 Å². The maximum atomic E-state index is 12.3. The van der Waals surface area contributed by atoms with Crippen LogP contribution in [0.1, 0.15) is 45.1 Å². The van der Waals surface area contributed by atoms with Crippen LogP contribution in [0, 0.1) is 5.92 Å². The minimum Gasteiger partial charge on any atom is -0.481 e. The Morgan fingerprint density at radius 2 is 1.77 bits per heavy atom. The molecule has 0 saturated carbocycles. The van der Waals surface area contributed by atoms with Crippen molar-refractivity contribution in [2.24, 2.45) is 5.92 Å². The molecule has 120 valence electrons. The third-order valence-corrected chi connectivity index (χ3v) is 4.72. The second kappa shape index (κ2) is 6.95. The molecule has 0 radical (unpaired) electrons. The van der Waals surface area contributed by atoms with Crippen molar-refractivity contribution in [1.82, 2.24) is 4.90 Å². The zero-order chi connectivity index (χ0) is 16.2. The van der Waals surface area contributed by atoms with Gasteiger partial charge in [0.25, 0.3) is 0 Å². The fourth-order valence-corrected chi connectivity index (χ4v) is 2.99. The van der Waals surface area contributed by atoms with Gasteiger partial charge in [0.2, 0.25) is 5.91 Å². The number of hydrogen-bond donors (Lipinski definition) is 1. The number of amides is 1. The van der Waals surface area contributed by atoms with Gasteiger partial charge < -0.3 is 10.0 Å². The van der Waals surface area contributed by atoms with E-state index in [0.717, 1.165) is 6.42 Å². The van der Waals surface area contributed by atoms with E-state index in [-0.39, 0.29) is 17.2 Å². The molecule has 22 heavy (non-hydrogen) atoms. The van der Waals surface area contributed by atoms with Crippen molar-refractivity contribution >= 4 is 11.9 Å². The van der Waals surface area contributed by atoms with Crippen LogP contribution in [-0.4, -0.2) is 35.0 Å². The SMILES string of the molecule is CC(C)(CCC(=O)N1CCC(C(=O)O)CC1)c1ccccc1. The number of nitrogens with zero attached hydrogens (tertiary/aromatic N) is 1. The van der Waals surface area contributed by atoms with E-state index in [4.69, 9.17) is 5.11 Å². The quantitative estimate of drug-likeness (QED) is 0.909. The molecule has 1 aromatic rings. The zero-order valence-electron chi connectivity index (χ0n) is 13.4. The molecule has 0 bridgehead atoms. The lowest BCUT2D eigenvalue weighted by Gasteiger charge is -2.32. The first-order chi connectivity index (χ1) is 10.4. The van der Waals surface area contributed by atoms with Crippen LogP contribution >= 0.6 is 0 Å². The molecule has 4 nitrogen and oxygen atoms in total. The number of aliphatic carboxylic acids is 1. The van der Waals surface area contributed by atoms with E-state index in [9.17, 15) is 9.59 Å². The molecule has 1 aliphatic heterocycles. The topological polar surface area (TPSA) is 57.6 Å². The summed E-state index contributed by atoms with van der Waals surface area (Å²) in [6.45, 7) is 5.46. The van der Waals surface area contributed by atoms with E-state index >= 15 is 0 Å². The average molecular weight is 303 g/mol. The average Bonchev–Trinajstić information content (AvgIpc) is 2.53. The van der Waals surface area contributed by atoms with Gasteiger partial charge in [0.05, 0.1) is 5.92 Å². The van der Waals surface area contributed by atoms with E-state index in [1.54, 1.807) is 0 Å². The van der Waals surface area contributed by atoms with E-state index in [0.29, 0.717) is 32.4 Å². The van der Waals surface area contributed by atoms with Crippen molar-refractivity contribution in [3.63, 3.8) is 0 Å². The molecular weight excluding hydrogens is 278 g/mol. The summed E-state index contributed by atoms with van der Waals surface area (Å²) < 4.78 is 0. The largest absolute Gasteiger partial charge is 0.481 e. The van der Waals surface area contributed by atoms with E-state index in [1.807, 2.05) is 23.1 Å². The van der Waals surface area contributed by atoms with Crippen LogP contribution in [0.25, 0.3) is 0 Å². The molecule has 2 rings (SSSR count). The number of piperidine rings is 1. The highest BCUT2D eigenvalue weighted by Crippen LogP contribution is 2.29. The summed E-state index contributed by atoms with van der Waals surface area (Å²) in [4.78, 5) is 25.1. The Labute approximate surface area is 132 Å². The summed E-state index contributed by atoms with van der Waals surface area (Å²) in [6, 6.07) is 10.2. The lowest BCUT2D eigenvalue weighted by molar-refractivity contribution is -0.145. The highest BCUT2D eigenvalue weighted by molar-refractivity contribution is 5.77. The standard InChI is InChI=1S/C18H25NO3/c1-18(2,15-6-4-3-5-7-15)11-8-16(20)19-12-9-14(10-13-19)17(21)22/h3-7,14H,8-13H2,1-2H3,(H,21,22). The minimum atomic E-state index is -0.739. The van der Waals surface area contributed by atoms with Crippen LogP contribution < -0.4 is 0 Å². The second-order valence-electron chi connectivity index (χ2n) is 6.74. The smallest absolute Gasteiger partial charge is 0.306 e. The van der Waals surface area contributed by atoms with Crippen molar-refractivity contribution in [3.05, 3.63) is 35.9 Å². The van der Waals surface area contributed by atoms with Gasteiger partial charge in [-0.1, -0.05) is 44.2 Å². The number of hydrogen-bond acceptors (Lipinski definition) is 2. The van der Waals surface area contributed by atoms with Crippen LogP contribution in [-0.2, 0) is 15.0 Å². The van der Waals surface area contributed by atoms with E-state index < -0.39 is 5.97 Å². The summed E-state index contributed by atoms with van der Waals surface area (Å²) in [5, 5.41) is 9.00. The van der Waals surface area contributed by atoms with Gasteiger partial charge >= 0.3 is 5.97 Å². The first kappa shape index (κ1) is 16.5. The van der Waals surface area contributed by atoms with Crippen LogP contribution in [0.3, 0.4) is 0 Å². The number of carbonyl (C=O) groups excluding carboxylic acids is 1. The Balaban J connectivity index is 1.84. The molecule has 0 unspecified atom stereocenters. The number of likely N-dealkylation sites (tertiary alicyclic amines) is 1. The molecule has 0 aliphatic carbocycles. The molecule has 1 aliphatic rings. The predicted molar refractivity (Wildman–Crippen MR) is 85.6 cm³/mol. The zero-order valence-corrected chi connectivity index (χ0v) is 13.4. The van der Waals surface area contributed by atoms with Gasteiger partial charge in [0.1, 0.15) is 0 Å². The van der Waals surface area contributed by atoms with Gasteiger partial charge in [0.15, 0.2) is 0 Å². The molecular formula is C18H25NO3. The third-order valence-electron chi connectivity index (χ3n) is 4.72. The molecule has 1 N–H and O–H groups in total. The Morgan fingerprint density at radius 3 is 2.32 bits per heavy atom. The summed E-state index contributed by atoms with van der Waals surface area (Å²) in [6.07, 6.45) is 2.46. The number of carbonyl (C=O) groups is 2. The molecule has 1 saturated heterocycles. The van der Waals surface area contributed by atoms with Gasteiger partial charge in [0, 0.05) is 19.5 Å². The van der Waals surface area contributed by atoms with Gasteiger partial charge in [-0.2, -0.15) is 0 Å². The summed E-state index contributed by atoms with van der Waals surface area (Å²) >= 11 is 0.